The van der Waals surface area contributed by atoms with Gasteiger partial charge in [0.15, 0.2) is 0 Å². The smallest absolute Gasteiger partial charge is 0.279 e. The second kappa shape index (κ2) is 8.27. The minimum Gasteiger partial charge on any atom is -0.284 e. The number of rotatable bonds is 6. The van der Waals surface area contributed by atoms with Crippen LogP contribution in [0.3, 0.4) is 0 Å². The molecule has 0 radical (unpaired) electrons. The van der Waals surface area contributed by atoms with Crippen LogP contribution in [0.25, 0.3) is 0 Å². The van der Waals surface area contributed by atoms with Gasteiger partial charge in [0.05, 0.1) is 16.9 Å². The molecule has 2 heterocycles. The number of sulfonamides is 2. The molecule has 1 N–H and O–H groups in total. The molecule has 1 aliphatic rings. The lowest BCUT2D eigenvalue weighted by Crippen LogP contribution is -2.26. The van der Waals surface area contributed by atoms with E-state index in [9.17, 15) is 16.8 Å². The molecule has 7 nitrogen and oxygen atoms in total. The van der Waals surface area contributed by atoms with Crippen molar-refractivity contribution in [1.29, 1.82) is 0 Å². The van der Waals surface area contributed by atoms with Gasteiger partial charge in [-0.15, -0.1) is 11.3 Å². The Morgan fingerprint density at radius 3 is 2.45 bits per heavy atom. The normalized spacial score (nSPS) is 16.9. The molecule has 1 atom stereocenters. The summed E-state index contributed by atoms with van der Waals surface area (Å²) in [5, 5.41) is 6.79. The monoisotopic (exact) mass is 495 g/mol. The zero-order valence-electron chi connectivity index (χ0n) is 16.3. The molecule has 31 heavy (non-hydrogen) atoms. The molecule has 0 bridgehead atoms. The van der Waals surface area contributed by atoms with Crippen molar-refractivity contribution < 1.29 is 16.8 Å². The van der Waals surface area contributed by atoms with Crippen molar-refractivity contribution in [3.8, 4) is 0 Å². The summed E-state index contributed by atoms with van der Waals surface area (Å²) in [7, 11) is -7.37. The van der Waals surface area contributed by atoms with Gasteiger partial charge in [-0.3, -0.25) is 4.72 Å². The summed E-state index contributed by atoms with van der Waals surface area (Å²) in [5.41, 5.74) is 1.58. The Morgan fingerprint density at radius 1 is 1.06 bits per heavy atom. The van der Waals surface area contributed by atoms with Gasteiger partial charge >= 0.3 is 0 Å². The molecule has 3 aromatic rings. The first-order chi connectivity index (χ1) is 14.6. The lowest BCUT2D eigenvalue weighted by atomic mass is 10.0. The van der Waals surface area contributed by atoms with E-state index in [2.05, 4.69) is 9.82 Å². The molecule has 2 aromatic carbocycles. The maximum Gasteiger partial charge on any atom is 0.279 e. The summed E-state index contributed by atoms with van der Waals surface area (Å²) in [6.07, 6.45) is 1.43. The Hall–Kier alpha value is -2.40. The number of nitrogens with one attached hydrogen (secondary N) is 1. The van der Waals surface area contributed by atoms with Gasteiger partial charge < -0.3 is 0 Å². The van der Waals surface area contributed by atoms with E-state index < -0.39 is 26.1 Å². The highest BCUT2D eigenvalue weighted by atomic mass is 35.5. The Kier molecular flexibility index (Phi) is 5.82. The highest BCUT2D eigenvalue weighted by Gasteiger charge is 2.38. The Bertz CT molecular complexity index is 1340. The van der Waals surface area contributed by atoms with E-state index in [0.717, 1.165) is 15.5 Å². The molecule has 1 unspecified atom stereocenters. The van der Waals surface area contributed by atoms with Gasteiger partial charge in [-0.2, -0.15) is 17.9 Å². The fraction of sp³-hybridized carbons (Fsp3) is 0.150. The average molecular weight is 496 g/mol. The number of nitrogens with zero attached hydrogens (tertiary/aromatic N) is 2. The van der Waals surface area contributed by atoms with E-state index in [1.807, 2.05) is 17.5 Å². The zero-order valence-corrected chi connectivity index (χ0v) is 19.5. The largest absolute Gasteiger partial charge is 0.284 e. The molecular formula is C20H18ClN3O4S3. The fourth-order valence-corrected chi connectivity index (χ4v) is 6.25. The van der Waals surface area contributed by atoms with E-state index >= 15 is 0 Å². The Labute approximate surface area is 190 Å². The van der Waals surface area contributed by atoms with Gasteiger partial charge in [0, 0.05) is 22.0 Å². The van der Waals surface area contributed by atoms with Gasteiger partial charge in [-0.1, -0.05) is 29.8 Å². The average Bonchev–Trinajstić information content (AvgIpc) is 3.37. The van der Waals surface area contributed by atoms with Crippen molar-refractivity contribution >= 4 is 54.4 Å². The molecule has 1 aliphatic heterocycles. The number of anilines is 1. The third kappa shape index (κ3) is 4.77. The van der Waals surface area contributed by atoms with Crippen molar-refractivity contribution in [1.82, 2.24) is 4.41 Å². The molecule has 162 valence electrons. The molecule has 0 amide bonds. The second-order valence-electron chi connectivity index (χ2n) is 6.97. The topological polar surface area (TPSA) is 95.9 Å². The second-order valence-corrected chi connectivity index (χ2v) is 11.9. The summed E-state index contributed by atoms with van der Waals surface area (Å²) in [6, 6.07) is 15.9. The lowest BCUT2D eigenvalue weighted by molar-refractivity contribution is 0.375. The standard InChI is InChI=1S/C20H18ClN3O4S3/c1-30(25,26)23-16-5-2-4-14(12-16)18-13-19(20-6-3-11-29-20)24(22-18)31(27,28)17-9-7-15(21)8-10-17/h2-12,19,23H,13H2,1H3. The first kappa shape index (κ1) is 21.8. The first-order valence-electron chi connectivity index (χ1n) is 9.12. The van der Waals surface area contributed by atoms with Crippen LogP contribution in [0.4, 0.5) is 5.69 Å². The van der Waals surface area contributed by atoms with Crippen LogP contribution in [-0.4, -0.2) is 33.2 Å². The number of hydrogen-bond acceptors (Lipinski definition) is 6. The molecule has 1 aromatic heterocycles. The summed E-state index contributed by atoms with van der Waals surface area (Å²) >= 11 is 7.37. The van der Waals surface area contributed by atoms with Crippen LogP contribution in [0.5, 0.6) is 0 Å². The maximum atomic E-state index is 13.4. The third-order valence-electron chi connectivity index (χ3n) is 4.60. The molecule has 0 saturated heterocycles. The summed E-state index contributed by atoms with van der Waals surface area (Å²) < 4.78 is 53.4. The minimum atomic E-state index is -3.93. The SMILES string of the molecule is CS(=O)(=O)Nc1cccc(C2=NN(S(=O)(=O)c3ccc(Cl)cc3)C(c3cccs3)C2)c1. The van der Waals surface area contributed by atoms with Crippen LogP contribution in [0.2, 0.25) is 5.02 Å². The highest BCUT2D eigenvalue weighted by molar-refractivity contribution is 7.92. The molecule has 0 fully saturated rings. The summed E-state index contributed by atoms with van der Waals surface area (Å²) in [6.45, 7) is 0. The molecule has 11 heteroatoms. The fourth-order valence-electron chi connectivity index (χ4n) is 3.27. The molecule has 0 spiro atoms. The number of halogens is 1. The highest BCUT2D eigenvalue weighted by Crippen LogP contribution is 2.39. The van der Waals surface area contributed by atoms with Crippen LogP contribution < -0.4 is 4.72 Å². The summed E-state index contributed by atoms with van der Waals surface area (Å²) in [5.74, 6) is 0. The molecule has 4 rings (SSSR count). The van der Waals surface area contributed by atoms with E-state index in [4.69, 9.17) is 11.6 Å². The van der Waals surface area contributed by atoms with Crippen LogP contribution in [0.15, 0.2) is 76.0 Å². The molecule has 0 saturated carbocycles. The zero-order chi connectivity index (χ0) is 22.2. The van der Waals surface area contributed by atoms with Gasteiger partial charge in [0.2, 0.25) is 10.0 Å². The molecular weight excluding hydrogens is 478 g/mol. The van der Waals surface area contributed by atoms with Crippen LogP contribution in [0.1, 0.15) is 22.9 Å². The number of hydrogen-bond donors (Lipinski definition) is 1. The molecule has 0 aliphatic carbocycles. The van der Waals surface area contributed by atoms with Gasteiger partial charge in [0.1, 0.15) is 6.04 Å². The summed E-state index contributed by atoms with van der Waals surface area (Å²) in [4.78, 5) is 0.956. The first-order valence-corrected chi connectivity index (χ1v) is 13.7. The lowest BCUT2D eigenvalue weighted by Gasteiger charge is -2.22. The van der Waals surface area contributed by atoms with E-state index in [0.29, 0.717) is 28.4 Å². The quantitative estimate of drug-likeness (QED) is 0.551. The van der Waals surface area contributed by atoms with Crippen LogP contribution in [-0.2, 0) is 20.0 Å². The van der Waals surface area contributed by atoms with Crippen molar-refractivity contribution in [2.24, 2.45) is 5.10 Å². The predicted octanol–water partition coefficient (Wildman–Crippen LogP) is 4.31. The third-order valence-corrected chi connectivity index (χ3v) is 8.13. The van der Waals surface area contributed by atoms with Gasteiger partial charge in [-0.25, -0.2) is 8.42 Å². The number of thiophene rings is 1. The van der Waals surface area contributed by atoms with Crippen molar-refractivity contribution in [3.05, 3.63) is 81.5 Å². The predicted molar refractivity (Wildman–Crippen MR) is 124 cm³/mol. The number of hydrazone groups is 1. The number of benzene rings is 2. The minimum absolute atomic E-state index is 0.0935. The van der Waals surface area contributed by atoms with Crippen molar-refractivity contribution in [3.63, 3.8) is 0 Å². The van der Waals surface area contributed by atoms with E-state index in [1.54, 1.807) is 24.3 Å². The Morgan fingerprint density at radius 2 is 1.81 bits per heavy atom. The van der Waals surface area contributed by atoms with Crippen LogP contribution >= 0.6 is 22.9 Å². The van der Waals surface area contributed by atoms with Crippen molar-refractivity contribution in [2.75, 3.05) is 11.0 Å². The van der Waals surface area contributed by atoms with E-state index in [1.165, 1.54) is 35.6 Å². The Balaban J connectivity index is 1.76. The van der Waals surface area contributed by atoms with Crippen LogP contribution in [0, 0.1) is 0 Å². The van der Waals surface area contributed by atoms with Crippen molar-refractivity contribution in [2.45, 2.75) is 17.4 Å². The van der Waals surface area contributed by atoms with Gasteiger partial charge in [-0.05, 0) is 53.4 Å². The van der Waals surface area contributed by atoms with E-state index in [-0.39, 0.29) is 4.90 Å². The maximum absolute atomic E-state index is 13.4. The van der Waals surface area contributed by atoms with Gasteiger partial charge in [0.25, 0.3) is 10.0 Å².